The van der Waals surface area contributed by atoms with Crippen LogP contribution in [0, 0.1) is 0 Å². The number of amides is 1. The highest BCUT2D eigenvalue weighted by Gasteiger charge is 2.30. The van der Waals surface area contributed by atoms with E-state index < -0.39 is 5.60 Å². The van der Waals surface area contributed by atoms with Gasteiger partial charge < -0.3 is 19.3 Å². The summed E-state index contributed by atoms with van der Waals surface area (Å²) >= 11 is 6.22. The number of rotatable bonds is 2. The third-order valence-corrected chi connectivity index (χ3v) is 5.22. The van der Waals surface area contributed by atoms with Crippen LogP contribution >= 0.6 is 11.6 Å². The fourth-order valence-corrected chi connectivity index (χ4v) is 3.81. The topological polar surface area (TPSA) is 98.5 Å². The van der Waals surface area contributed by atoms with E-state index in [1.807, 2.05) is 25.5 Å². The van der Waals surface area contributed by atoms with E-state index in [-0.39, 0.29) is 17.4 Å². The number of aromatic nitrogens is 5. The minimum atomic E-state index is -0.500. The van der Waals surface area contributed by atoms with Crippen LogP contribution in [0.3, 0.4) is 0 Å². The molecule has 0 aliphatic carbocycles. The van der Waals surface area contributed by atoms with Gasteiger partial charge in [-0.3, -0.25) is 0 Å². The van der Waals surface area contributed by atoms with Crippen molar-refractivity contribution in [2.45, 2.75) is 45.3 Å². The van der Waals surface area contributed by atoms with Crippen LogP contribution in [-0.2, 0) is 9.47 Å². The number of hydrogen-bond acceptors (Lipinski definition) is 8. The number of nitrogens with zero attached hydrogens (tertiary/aromatic N) is 7. The van der Waals surface area contributed by atoms with Crippen molar-refractivity contribution >= 4 is 34.7 Å². The zero-order valence-electron chi connectivity index (χ0n) is 17.0. The summed E-state index contributed by atoms with van der Waals surface area (Å²) in [5.41, 5.74) is 0.771. The van der Waals surface area contributed by atoms with Crippen molar-refractivity contribution in [3.63, 3.8) is 0 Å². The average Bonchev–Trinajstić information content (AvgIpc) is 3.10. The molecule has 0 spiro atoms. The summed E-state index contributed by atoms with van der Waals surface area (Å²) < 4.78 is 12.7. The quantitative estimate of drug-likeness (QED) is 0.678. The first-order valence-electron chi connectivity index (χ1n) is 9.91. The van der Waals surface area contributed by atoms with Crippen molar-refractivity contribution in [1.29, 1.82) is 0 Å². The van der Waals surface area contributed by atoms with E-state index in [2.05, 4.69) is 25.2 Å². The van der Waals surface area contributed by atoms with Crippen molar-refractivity contribution < 1.29 is 14.3 Å². The highest BCUT2D eigenvalue weighted by Crippen LogP contribution is 2.29. The lowest BCUT2D eigenvalue weighted by atomic mass is 10.1. The van der Waals surface area contributed by atoms with Crippen LogP contribution in [0.15, 0.2) is 0 Å². The fraction of sp³-hybridized carbons (Fsp3) is 0.722. The van der Waals surface area contributed by atoms with E-state index >= 15 is 0 Å². The molecule has 0 saturated carbocycles. The molecule has 29 heavy (non-hydrogen) atoms. The van der Waals surface area contributed by atoms with E-state index in [1.54, 1.807) is 4.90 Å². The minimum absolute atomic E-state index is 0.0854. The summed E-state index contributed by atoms with van der Waals surface area (Å²) in [6, 6.07) is 0.0854. The molecule has 0 unspecified atom stereocenters. The molecule has 158 valence electrons. The molecule has 4 heterocycles. The van der Waals surface area contributed by atoms with Gasteiger partial charge in [0.1, 0.15) is 5.60 Å². The number of carbonyl (C=O) groups is 1. The third kappa shape index (κ3) is 4.37. The van der Waals surface area contributed by atoms with Gasteiger partial charge in [0, 0.05) is 26.2 Å². The van der Waals surface area contributed by atoms with E-state index in [0.717, 1.165) is 25.9 Å². The number of carbonyl (C=O) groups excluding carboxylic acids is 1. The van der Waals surface area contributed by atoms with Crippen LogP contribution in [-0.4, -0.2) is 80.9 Å². The Morgan fingerprint density at radius 3 is 2.48 bits per heavy atom. The predicted molar refractivity (Wildman–Crippen MR) is 107 cm³/mol. The molecule has 0 N–H and O–H groups in total. The predicted octanol–water partition coefficient (Wildman–Crippen LogP) is 2.28. The molecule has 2 aromatic rings. The number of ether oxygens (including phenoxy) is 2. The van der Waals surface area contributed by atoms with Crippen molar-refractivity contribution in [2.24, 2.45) is 0 Å². The van der Waals surface area contributed by atoms with Crippen LogP contribution in [0.2, 0.25) is 5.28 Å². The number of hydrogen-bond donors (Lipinski definition) is 0. The van der Waals surface area contributed by atoms with Gasteiger partial charge in [0.15, 0.2) is 17.0 Å². The van der Waals surface area contributed by atoms with Gasteiger partial charge in [-0.25, -0.2) is 9.48 Å². The van der Waals surface area contributed by atoms with Crippen LogP contribution < -0.4 is 4.90 Å². The summed E-state index contributed by atoms with van der Waals surface area (Å²) in [6.07, 6.45) is 1.21. The van der Waals surface area contributed by atoms with E-state index in [4.69, 9.17) is 21.1 Å². The molecule has 0 radical (unpaired) electrons. The number of halogens is 1. The Labute approximate surface area is 174 Å². The summed E-state index contributed by atoms with van der Waals surface area (Å²) in [5.74, 6) is 0.695. The molecular formula is C18H26ClN7O3. The Balaban J connectivity index is 1.52. The average molecular weight is 424 g/mol. The summed E-state index contributed by atoms with van der Waals surface area (Å²) in [7, 11) is 0. The lowest BCUT2D eigenvalue weighted by molar-refractivity contribution is 0.0185. The SMILES string of the molecule is CC(C)(C)OC(=O)N1CCC(n2nnc3c(N4CCOCC4)nc(Cl)nc32)CC1. The van der Waals surface area contributed by atoms with Crippen LogP contribution in [0.5, 0.6) is 0 Å². The Morgan fingerprint density at radius 2 is 1.83 bits per heavy atom. The van der Waals surface area contributed by atoms with E-state index in [1.165, 1.54) is 0 Å². The highest BCUT2D eigenvalue weighted by molar-refractivity contribution is 6.28. The lowest BCUT2D eigenvalue weighted by Gasteiger charge is -2.33. The second-order valence-corrected chi connectivity index (χ2v) is 8.66. The molecule has 0 aromatic carbocycles. The van der Waals surface area contributed by atoms with Gasteiger partial charge in [-0.05, 0) is 45.2 Å². The Kier molecular flexibility index (Phi) is 5.48. The zero-order valence-corrected chi connectivity index (χ0v) is 17.7. The number of likely N-dealkylation sites (tertiary alicyclic amines) is 1. The van der Waals surface area contributed by atoms with Crippen molar-refractivity contribution in [3.05, 3.63) is 5.28 Å². The van der Waals surface area contributed by atoms with E-state index in [9.17, 15) is 4.79 Å². The van der Waals surface area contributed by atoms with Crippen LogP contribution in [0.4, 0.5) is 10.6 Å². The number of anilines is 1. The summed E-state index contributed by atoms with van der Waals surface area (Å²) in [5, 5.41) is 8.89. The monoisotopic (exact) mass is 423 g/mol. The standard InChI is InChI=1S/C18H26ClN7O3/c1-18(2,3)29-17(27)25-6-4-12(5-7-25)26-15-13(22-23-26)14(20-16(19)21-15)24-8-10-28-11-9-24/h12H,4-11H2,1-3H3. The van der Waals surface area contributed by atoms with Gasteiger partial charge in [-0.2, -0.15) is 9.97 Å². The highest BCUT2D eigenvalue weighted by atomic mass is 35.5. The molecule has 1 amide bonds. The van der Waals surface area contributed by atoms with Gasteiger partial charge in [0.05, 0.1) is 19.3 Å². The molecule has 2 fully saturated rings. The van der Waals surface area contributed by atoms with E-state index in [0.29, 0.717) is 43.3 Å². The number of morpholine rings is 1. The Hall–Kier alpha value is -2.20. The van der Waals surface area contributed by atoms with Crippen LogP contribution in [0.1, 0.15) is 39.7 Å². The van der Waals surface area contributed by atoms with Crippen LogP contribution in [0.25, 0.3) is 11.2 Å². The first-order chi connectivity index (χ1) is 13.8. The van der Waals surface area contributed by atoms with Gasteiger partial charge in [0.2, 0.25) is 5.28 Å². The number of piperidine rings is 1. The van der Waals surface area contributed by atoms with Gasteiger partial charge in [-0.1, -0.05) is 5.21 Å². The Morgan fingerprint density at radius 1 is 1.14 bits per heavy atom. The summed E-state index contributed by atoms with van der Waals surface area (Å²) in [4.78, 5) is 24.9. The maximum absolute atomic E-state index is 12.3. The molecule has 2 saturated heterocycles. The first-order valence-corrected chi connectivity index (χ1v) is 10.3. The van der Waals surface area contributed by atoms with Gasteiger partial charge in [-0.15, -0.1) is 5.10 Å². The molecular weight excluding hydrogens is 398 g/mol. The molecule has 0 bridgehead atoms. The fourth-order valence-electron chi connectivity index (χ4n) is 3.65. The molecule has 4 rings (SSSR count). The van der Waals surface area contributed by atoms with Crippen molar-refractivity contribution in [1.82, 2.24) is 29.9 Å². The second kappa shape index (κ2) is 7.91. The van der Waals surface area contributed by atoms with Gasteiger partial charge in [0.25, 0.3) is 0 Å². The Bertz CT molecular complexity index is 883. The minimum Gasteiger partial charge on any atom is -0.444 e. The molecule has 11 heteroatoms. The molecule has 2 aliphatic heterocycles. The second-order valence-electron chi connectivity index (χ2n) is 8.32. The normalized spacial score (nSPS) is 19.0. The smallest absolute Gasteiger partial charge is 0.410 e. The third-order valence-electron chi connectivity index (χ3n) is 5.05. The number of fused-ring (bicyclic) bond motifs is 1. The van der Waals surface area contributed by atoms with Crippen molar-refractivity contribution in [3.8, 4) is 0 Å². The zero-order chi connectivity index (χ0) is 20.6. The molecule has 2 aliphatic rings. The first kappa shape index (κ1) is 20.1. The lowest BCUT2D eigenvalue weighted by Crippen LogP contribution is -2.42. The molecule has 2 aromatic heterocycles. The molecule has 0 atom stereocenters. The molecule has 10 nitrogen and oxygen atoms in total. The van der Waals surface area contributed by atoms with Crippen molar-refractivity contribution in [2.75, 3.05) is 44.3 Å². The van der Waals surface area contributed by atoms with Gasteiger partial charge >= 0.3 is 6.09 Å². The summed E-state index contributed by atoms with van der Waals surface area (Å²) in [6.45, 7) is 9.53. The largest absolute Gasteiger partial charge is 0.444 e. The maximum atomic E-state index is 12.3. The maximum Gasteiger partial charge on any atom is 0.410 e.